The van der Waals surface area contributed by atoms with Crippen LogP contribution in [0.1, 0.15) is 32.3 Å². The first kappa shape index (κ1) is 27.4. The lowest BCUT2D eigenvalue weighted by atomic mass is 10.1. The van der Waals surface area contributed by atoms with Crippen molar-refractivity contribution in [1.29, 1.82) is 0 Å². The van der Waals surface area contributed by atoms with Gasteiger partial charge in [0, 0.05) is 18.5 Å². The zero-order valence-electron chi connectivity index (χ0n) is 20.4. The fraction of sp³-hybridized carbons (Fsp3) is 0.417. The molecule has 10 nitrogen and oxygen atoms in total. The normalized spacial score (nSPS) is 17.1. The van der Waals surface area contributed by atoms with Crippen molar-refractivity contribution < 1.29 is 50.5 Å². The van der Waals surface area contributed by atoms with Gasteiger partial charge in [-0.2, -0.15) is 13.2 Å². The van der Waals surface area contributed by atoms with Crippen LogP contribution in [0.25, 0.3) is 0 Å². The maximum absolute atomic E-state index is 13.7. The van der Waals surface area contributed by atoms with E-state index in [1.165, 1.54) is 30.3 Å². The number of ether oxygens (including phenoxy) is 3. The number of carboxylic acids is 1. The summed E-state index contributed by atoms with van der Waals surface area (Å²) in [4.78, 5) is 23.2. The second kappa shape index (κ2) is 9.89. The SMILES string of the molecule is CC(C)(OC(=O)Nc1ccc2c(c1)N(S(=O)(=O)c1ccc3c(c1)CCO3)C[C@H](CCC(=O)O)O2)C(F)(F)F. The lowest BCUT2D eigenvalue weighted by Crippen LogP contribution is -2.44. The van der Waals surface area contributed by atoms with E-state index < -0.39 is 40.0 Å². The van der Waals surface area contributed by atoms with Gasteiger partial charge in [-0.15, -0.1) is 0 Å². The molecule has 0 unspecified atom stereocenters. The summed E-state index contributed by atoms with van der Waals surface area (Å²) in [5.41, 5.74) is -2.08. The topological polar surface area (TPSA) is 131 Å². The fourth-order valence-corrected chi connectivity index (χ4v) is 5.49. The molecule has 2 aromatic carbocycles. The number of halogens is 3. The van der Waals surface area contributed by atoms with E-state index in [9.17, 15) is 31.2 Å². The number of amides is 1. The zero-order chi connectivity index (χ0) is 27.9. The van der Waals surface area contributed by atoms with Gasteiger partial charge in [0.25, 0.3) is 10.0 Å². The van der Waals surface area contributed by atoms with Gasteiger partial charge in [0.15, 0.2) is 0 Å². The molecule has 0 bridgehead atoms. The molecule has 0 spiro atoms. The highest BCUT2D eigenvalue weighted by Gasteiger charge is 2.51. The van der Waals surface area contributed by atoms with Crippen LogP contribution >= 0.6 is 0 Å². The van der Waals surface area contributed by atoms with Crippen molar-refractivity contribution in [3.8, 4) is 11.5 Å². The number of fused-ring (bicyclic) bond motifs is 2. The minimum atomic E-state index is -4.81. The molecule has 2 N–H and O–H groups in total. The summed E-state index contributed by atoms with van der Waals surface area (Å²) in [7, 11) is -4.20. The third-order valence-electron chi connectivity index (χ3n) is 6.10. The number of aliphatic carboxylic acids is 1. The molecule has 0 fully saturated rings. The quantitative estimate of drug-likeness (QED) is 0.514. The number of carbonyl (C=O) groups excluding carboxylic acids is 1. The van der Waals surface area contributed by atoms with E-state index in [1.807, 2.05) is 0 Å². The maximum Gasteiger partial charge on any atom is 0.427 e. The lowest BCUT2D eigenvalue weighted by Gasteiger charge is -2.35. The van der Waals surface area contributed by atoms with Gasteiger partial charge in [-0.25, -0.2) is 13.2 Å². The number of hydrogen-bond acceptors (Lipinski definition) is 7. The number of hydrogen-bond donors (Lipinski definition) is 2. The summed E-state index contributed by atoms with van der Waals surface area (Å²) in [6, 6.07) is 8.31. The van der Waals surface area contributed by atoms with Crippen LogP contribution in [-0.2, 0) is 26.0 Å². The molecule has 0 saturated carbocycles. The van der Waals surface area contributed by atoms with Crippen LogP contribution in [0.4, 0.5) is 29.3 Å². The average Bonchev–Trinajstić information content (AvgIpc) is 3.29. The number of rotatable bonds is 7. The molecule has 206 valence electrons. The van der Waals surface area contributed by atoms with Crippen LogP contribution < -0.4 is 19.1 Å². The first-order chi connectivity index (χ1) is 17.7. The standard InChI is InChI=1S/C24H25F3N2O8S/c1-23(2,24(25,26)27)37-22(32)28-15-3-6-20-18(12-15)29(13-16(36-20)4-8-21(30)31)38(33,34)17-5-7-19-14(11-17)9-10-35-19/h3,5-7,11-12,16H,4,8-10,13H2,1-2H3,(H,28,32)(H,30,31)/t16-/m0/s1. The van der Waals surface area contributed by atoms with Gasteiger partial charge in [0.2, 0.25) is 5.60 Å². The largest absolute Gasteiger partial charge is 0.493 e. The van der Waals surface area contributed by atoms with E-state index >= 15 is 0 Å². The fourth-order valence-electron chi connectivity index (χ4n) is 3.94. The molecule has 0 aliphatic carbocycles. The van der Waals surface area contributed by atoms with Gasteiger partial charge in [0.05, 0.1) is 23.7 Å². The number of anilines is 2. The third kappa shape index (κ3) is 5.59. The maximum atomic E-state index is 13.7. The molecule has 14 heteroatoms. The van der Waals surface area contributed by atoms with Crippen molar-refractivity contribution in [3.05, 3.63) is 42.0 Å². The molecule has 2 aliphatic heterocycles. The van der Waals surface area contributed by atoms with E-state index in [0.29, 0.717) is 38.2 Å². The van der Waals surface area contributed by atoms with Crippen LogP contribution in [-0.4, -0.2) is 56.6 Å². The van der Waals surface area contributed by atoms with Crippen molar-refractivity contribution in [3.63, 3.8) is 0 Å². The number of benzene rings is 2. The summed E-state index contributed by atoms with van der Waals surface area (Å²) >= 11 is 0. The lowest BCUT2D eigenvalue weighted by molar-refractivity contribution is -0.242. The monoisotopic (exact) mass is 558 g/mol. The van der Waals surface area contributed by atoms with Crippen LogP contribution in [0.5, 0.6) is 11.5 Å². The Hall–Kier alpha value is -3.68. The van der Waals surface area contributed by atoms with Crippen LogP contribution in [0.2, 0.25) is 0 Å². The molecule has 2 heterocycles. The first-order valence-corrected chi connectivity index (χ1v) is 13.0. The zero-order valence-corrected chi connectivity index (χ0v) is 21.2. The minimum absolute atomic E-state index is 0.0150. The predicted molar refractivity (Wildman–Crippen MR) is 128 cm³/mol. The average molecular weight is 559 g/mol. The minimum Gasteiger partial charge on any atom is -0.493 e. The Morgan fingerprint density at radius 2 is 1.87 bits per heavy atom. The highest BCUT2D eigenvalue weighted by atomic mass is 32.2. The number of alkyl halides is 3. The Bertz CT molecular complexity index is 1360. The van der Waals surface area contributed by atoms with Crippen LogP contribution in [0.3, 0.4) is 0 Å². The Kier molecular flexibility index (Phi) is 7.12. The second-order valence-electron chi connectivity index (χ2n) is 9.28. The highest BCUT2D eigenvalue weighted by Crippen LogP contribution is 2.41. The van der Waals surface area contributed by atoms with Crippen LogP contribution in [0, 0.1) is 0 Å². The van der Waals surface area contributed by atoms with Crippen LogP contribution in [0.15, 0.2) is 41.3 Å². The Morgan fingerprint density at radius 3 is 2.55 bits per heavy atom. The molecule has 38 heavy (non-hydrogen) atoms. The first-order valence-electron chi connectivity index (χ1n) is 11.5. The summed E-state index contributed by atoms with van der Waals surface area (Å²) in [5, 5.41) is 11.2. The van der Waals surface area contributed by atoms with E-state index in [2.05, 4.69) is 10.1 Å². The van der Waals surface area contributed by atoms with Gasteiger partial charge in [-0.3, -0.25) is 14.4 Å². The molecular formula is C24H25F3N2O8S. The summed E-state index contributed by atoms with van der Waals surface area (Å²) < 4.78 is 83.6. The molecule has 0 saturated heterocycles. The molecular weight excluding hydrogens is 533 g/mol. The van der Waals surface area contributed by atoms with Gasteiger partial charge >= 0.3 is 18.2 Å². The van der Waals surface area contributed by atoms with Gasteiger partial charge in [-0.05, 0) is 62.2 Å². The molecule has 2 aliphatic rings. The summed E-state index contributed by atoms with van der Waals surface area (Å²) in [6.45, 7) is 1.58. The molecule has 4 rings (SSSR count). The Balaban J connectivity index is 1.66. The number of carboxylic acid groups (broad SMARTS) is 1. The van der Waals surface area contributed by atoms with E-state index in [4.69, 9.17) is 14.6 Å². The molecule has 1 amide bonds. The third-order valence-corrected chi connectivity index (χ3v) is 7.87. The molecule has 1 atom stereocenters. The second-order valence-corrected chi connectivity index (χ2v) is 11.1. The number of nitrogens with zero attached hydrogens (tertiary/aromatic N) is 1. The molecule has 0 aromatic heterocycles. The van der Waals surface area contributed by atoms with Crippen molar-refractivity contribution in [2.45, 2.75) is 55.9 Å². The van der Waals surface area contributed by atoms with E-state index in [-0.39, 0.29) is 41.4 Å². The molecule has 2 aromatic rings. The Labute approximate surface area is 216 Å². The van der Waals surface area contributed by atoms with Gasteiger partial charge in [-0.1, -0.05) is 0 Å². The number of sulfonamides is 1. The summed E-state index contributed by atoms with van der Waals surface area (Å²) in [5.74, 6) is -0.404. The number of nitrogens with one attached hydrogen (secondary N) is 1. The van der Waals surface area contributed by atoms with Crippen molar-refractivity contribution in [1.82, 2.24) is 0 Å². The van der Waals surface area contributed by atoms with E-state index in [0.717, 1.165) is 4.31 Å². The van der Waals surface area contributed by atoms with Gasteiger partial charge in [0.1, 0.15) is 17.6 Å². The Morgan fingerprint density at radius 1 is 1.16 bits per heavy atom. The number of carbonyl (C=O) groups is 2. The predicted octanol–water partition coefficient (Wildman–Crippen LogP) is 4.33. The van der Waals surface area contributed by atoms with Crippen molar-refractivity contribution in [2.24, 2.45) is 0 Å². The van der Waals surface area contributed by atoms with Crippen molar-refractivity contribution in [2.75, 3.05) is 22.8 Å². The molecule has 0 radical (unpaired) electrons. The highest BCUT2D eigenvalue weighted by molar-refractivity contribution is 7.92. The van der Waals surface area contributed by atoms with Gasteiger partial charge < -0.3 is 19.3 Å². The summed E-state index contributed by atoms with van der Waals surface area (Å²) in [6.07, 6.45) is -6.70. The van der Waals surface area contributed by atoms with E-state index in [1.54, 1.807) is 6.07 Å². The smallest absolute Gasteiger partial charge is 0.427 e. The van der Waals surface area contributed by atoms with Crippen molar-refractivity contribution >= 4 is 33.5 Å².